The third kappa shape index (κ3) is 4.64. The summed E-state index contributed by atoms with van der Waals surface area (Å²) in [6, 6.07) is -0.0549. The highest BCUT2D eigenvalue weighted by Crippen LogP contribution is 2.26. The molecule has 1 aliphatic carbocycles. The molecule has 0 atom stereocenters. The van der Waals surface area contributed by atoms with E-state index in [0.29, 0.717) is 39.1 Å². The Balaban J connectivity index is 1.31. The van der Waals surface area contributed by atoms with Crippen LogP contribution in [0, 0.1) is 5.92 Å². The number of carbonyl (C=O) groups is 3. The summed E-state index contributed by atoms with van der Waals surface area (Å²) < 4.78 is 0. The highest BCUT2D eigenvalue weighted by molar-refractivity contribution is 5.80. The van der Waals surface area contributed by atoms with Crippen molar-refractivity contribution in [2.75, 3.05) is 45.8 Å². The zero-order valence-electron chi connectivity index (χ0n) is 15.0. The van der Waals surface area contributed by atoms with Crippen LogP contribution in [0.25, 0.3) is 0 Å². The van der Waals surface area contributed by atoms with Gasteiger partial charge in [0.1, 0.15) is 0 Å². The van der Waals surface area contributed by atoms with Crippen molar-refractivity contribution in [3.8, 4) is 0 Å². The number of likely N-dealkylation sites (tertiary alicyclic amines) is 1. The molecular formula is C18H30N4O3. The van der Waals surface area contributed by atoms with E-state index in [4.69, 9.17) is 0 Å². The molecular weight excluding hydrogens is 320 g/mol. The number of hydrogen-bond donors (Lipinski definition) is 1. The van der Waals surface area contributed by atoms with E-state index in [1.54, 1.807) is 4.90 Å². The number of rotatable bonds is 5. The monoisotopic (exact) mass is 350 g/mol. The molecule has 140 valence electrons. The SMILES string of the molecule is O=C1CCCN1CCCNC(=O)N1CCN(C(=O)C2CCCC2)CC1. The van der Waals surface area contributed by atoms with Gasteiger partial charge in [-0.25, -0.2) is 4.79 Å². The number of carbonyl (C=O) groups excluding carboxylic acids is 3. The van der Waals surface area contributed by atoms with Gasteiger partial charge in [0.15, 0.2) is 0 Å². The van der Waals surface area contributed by atoms with Crippen molar-refractivity contribution in [2.45, 2.75) is 44.9 Å². The summed E-state index contributed by atoms with van der Waals surface area (Å²) in [5, 5.41) is 2.94. The minimum atomic E-state index is -0.0549. The molecule has 0 bridgehead atoms. The Morgan fingerprint density at radius 3 is 2.28 bits per heavy atom. The van der Waals surface area contributed by atoms with Crippen molar-refractivity contribution in [3.63, 3.8) is 0 Å². The van der Waals surface area contributed by atoms with Crippen molar-refractivity contribution in [2.24, 2.45) is 5.92 Å². The first kappa shape index (κ1) is 18.0. The van der Waals surface area contributed by atoms with Crippen molar-refractivity contribution in [1.29, 1.82) is 0 Å². The lowest BCUT2D eigenvalue weighted by atomic mass is 10.1. The van der Waals surface area contributed by atoms with Crippen LogP contribution in [-0.4, -0.2) is 78.4 Å². The maximum atomic E-state index is 12.4. The molecule has 0 aromatic rings. The smallest absolute Gasteiger partial charge is 0.317 e. The van der Waals surface area contributed by atoms with Crippen LogP contribution in [0.3, 0.4) is 0 Å². The molecule has 7 heteroatoms. The molecule has 0 spiro atoms. The fourth-order valence-electron chi connectivity index (χ4n) is 4.08. The number of hydrogen-bond acceptors (Lipinski definition) is 3. The highest BCUT2D eigenvalue weighted by atomic mass is 16.2. The first-order valence-electron chi connectivity index (χ1n) is 9.74. The van der Waals surface area contributed by atoms with Crippen molar-refractivity contribution in [3.05, 3.63) is 0 Å². The highest BCUT2D eigenvalue weighted by Gasteiger charge is 2.30. The van der Waals surface area contributed by atoms with Gasteiger partial charge < -0.3 is 20.0 Å². The maximum absolute atomic E-state index is 12.4. The Labute approximate surface area is 149 Å². The van der Waals surface area contributed by atoms with Crippen LogP contribution in [-0.2, 0) is 9.59 Å². The van der Waals surface area contributed by atoms with Gasteiger partial charge in [-0.2, -0.15) is 0 Å². The molecule has 2 saturated heterocycles. The van der Waals surface area contributed by atoms with Gasteiger partial charge in [-0.15, -0.1) is 0 Å². The Hall–Kier alpha value is -1.79. The summed E-state index contributed by atoms with van der Waals surface area (Å²) in [7, 11) is 0. The number of nitrogens with one attached hydrogen (secondary N) is 1. The second-order valence-corrected chi connectivity index (χ2v) is 7.36. The standard InChI is InChI=1S/C18H30N4O3/c23-16-7-3-9-20(16)10-4-8-19-18(25)22-13-11-21(12-14-22)17(24)15-5-1-2-6-15/h15H,1-14H2,(H,19,25). The van der Waals surface area contributed by atoms with Gasteiger partial charge in [-0.1, -0.05) is 12.8 Å². The third-order valence-electron chi connectivity index (χ3n) is 5.64. The number of piperazine rings is 1. The lowest BCUT2D eigenvalue weighted by Crippen LogP contribution is -2.54. The van der Waals surface area contributed by atoms with Crippen LogP contribution in [0.15, 0.2) is 0 Å². The van der Waals surface area contributed by atoms with Crippen LogP contribution >= 0.6 is 0 Å². The van der Waals surface area contributed by atoms with Gasteiger partial charge in [0.25, 0.3) is 0 Å². The van der Waals surface area contributed by atoms with E-state index in [-0.39, 0.29) is 23.8 Å². The van der Waals surface area contributed by atoms with Gasteiger partial charge >= 0.3 is 6.03 Å². The van der Waals surface area contributed by atoms with E-state index in [9.17, 15) is 14.4 Å². The van der Waals surface area contributed by atoms with Gasteiger partial charge in [0.05, 0.1) is 0 Å². The average Bonchev–Trinajstić information content (AvgIpc) is 3.30. The van der Waals surface area contributed by atoms with Gasteiger partial charge in [0.2, 0.25) is 11.8 Å². The second-order valence-electron chi connectivity index (χ2n) is 7.36. The lowest BCUT2D eigenvalue weighted by Gasteiger charge is -2.36. The van der Waals surface area contributed by atoms with Gasteiger partial charge in [-0.3, -0.25) is 9.59 Å². The average molecular weight is 350 g/mol. The Morgan fingerprint density at radius 1 is 0.960 bits per heavy atom. The topological polar surface area (TPSA) is 73.0 Å². The fraction of sp³-hybridized carbons (Fsp3) is 0.833. The molecule has 2 heterocycles. The van der Waals surface area contributed by atoms with E-state index >= 15 is 0 Å². The molecule has 0 aromatic heterocycles. The van der Waals surface area contributed by atoms with E-state index in [2.05, 4.69) is 5.32 Å². The molecule has 3 fully saturated rings. The fourth-order valence-corrected chi connectivity index (χ4v) is 4.08. The molecule has 2 aliphatic heterocycles. The van der Waals surface area contributed by atoms with Crippen LogP contribution in [0.2, 0.25) is 0 Å². The van der Waals surface area contributed by atoms with Crippen LogP contribution in [0.4, 0.5) is 4.79 Å². The number of amides is 4. The molecule has 0 aromatic carbocycles. The van der Waals surface area contributed by atoms with Gasteiger partial charge in [0, 0.05) is 58.2 Å². The van der Waals surface area contributed by atoms with Gasteiger partial charge in [-0.05, 0) is 25.7 Å². The Kier molecular flexibility index (Phi) is 6.15. The van der Waals surface area contributed by atoms with E-state index < -0.39 is 0 Å². The summed E-state index contributed by atoms with van der Waals surface area (Å²) in [4.78, 5) is 41.8. The quantitative estimate of drug-likeness (QED) is 0.753. The minimum Gasteiger partial charge on any atom is -0.343 e. The van der Waals surface area contributed by atoms with E-state index in [1.165, 1.54) is 12.8 Å². The molecule has 3 aliphatic rings. The van der Waals surface area contributed by atoms with E-state index in [0.717, 1.165) is 38.8 Å². The minimum absolute atomic E-state index is 0.0549. The first-order valence-corrected chi connectivity index (χ1v) is 9.74. The zero-order chi connectivity index (χ0) is 17.6. The molecule has 3 rings (SSSR count). The van der Waals surface area contributed by atoms with Crippen molar-refractivity contribution < 1.29 is 14.4 Å². The van der Waals surface area contributed by atoms with E-state index in [1.807, 2.05) is 9.80 Å². The molecule has 25 heavy (non-hydrogen) atoms. The summed E-state index contributed by atoms with van der Waals surface area (Å²) in [6.07, 6.45) is 6.80. The molecule has 1 N–H and O–H groups in total. The Morgan fingerprint density at radius 2 is 1.64 bits per heavy atom. The third-order valence-corrected chi connectivity index (χ3v) is 5.64. The normalized spacial score (nSPS) is 21.9. The summed E-state index contributed by atoms with van der Waals surface area (Å²) in [5.74, 6) is 0.732. The van der Waals surface area contributed by atoms with Crippen LogP contribution in [0.5, 0.6) is 0 Å². The summed E-state index contributed by atoms with van der Waals surface area (Å²) in [5.41, 5.74) is 0. The number of nitrogens with zero attached hydrogens (tertiary/aromatic N) is 3. The van der Waals surface area contributed by atoms with Crippen molar-refractivity contribution in [1.82, 2.24) is 20.0 Å². The second kappa shape index (κ2) is 8.54. The molecule has 4 amide bonds. The predicted molar refractivity (Wildman–Crippen MR) is 93.9 cm³/mol. The van der Waals surface area contributed by atoms with Crippen molar-refractivity contribution >= 4 is 17.8 Å². The summed E-state index contributed by atoms with van der Waals surface area (Å²) in [6.45, 7) is 4.66. The predicted octanol–water partition coefficient (Wildman–Crippen LogP) is 1.04. The zero-order valence-corrected chi connectivity index (χ0v) is 15.0. The molecule has 7 nitrogen and oxygen atoms in total. The molecule has 0 unspecified atom stereocenters. The number of urea groups is 1. The largest absolute Gasteiger partial charge is 0.343 e. The lowest BCUT2D eigenvalue weighted by molar-refractivity contribution is -0.136. The first-order chi connectivity index (χ1) is 12.1. The molecule has 0 radical (unpaired) electrons. The maximum Gasteiger partial charge on any atom is 0.317 e. The van der Waals surface area contributed by atoms with Crippen LogP contribution in [0.1, 0.15) is 44.9 Å². The Bertz CT molecular complexity index is 497. The molecule has 1 saturated carbocycles. The summed E-state index contributed by atoms with van der Waals surface area (Å²) >= 11 is 0. The van der Waals surface area contributed by atoms with Crippen LogP contribution < -0.4 is 5.32 Å².